The Bertz CT molecular complexity index is 288. The van der Waals surface area contributed by atoms with Gasteiger partial charge in [0.1, 0.15) is 6.23 Å². The maximum Gasteiger partial charge on any atom is 0.249 e. The lowest BCUT2D eigenvalue weighted by Crippen LogP contribution is -2.50. The van der Waals surface area contributed by atoms with Crippen molar-refractivity contribution in [1.82, 2.24) is 4.90 Å². The van der Waals surface area contributed by atoms with Gasteiger partial charge in [0, 0.05) is 18.0 Å². The van der Waals surface area contributed by atoms with Crippen LogP contribution in [-0.2, 0) is 4.79 Å². The average molecular weight is 213 g/mol. The number of aliphatic hydroxyl groups is 1. The lowest BCUT2D eigenvalue weighted by atomic mass is 9.98. The third kappa shape index (κ3) is 1.46. The summed E-state index contributed by atoms with van der Waals surface area (Å²) >= 11 is 1.70. The first-order valence-electron chi connectivity index (χ1n) is 4.96. The number of hydrogen-bond acceptors (Lipinski definition) is 3. The zero-order chi connectivity index (χ0) is 10.3. The largest absolute Gasteiger partial charge is 0.373 e. The highest BCUT2D eigenvalue weighted by Crippen LogP contribution is 2.41. The number of thioether (sulfide) groups is 1. The Labute approximate surface area is 88.2 Å². The van der Waals surface area contributed by atoms with Crippen LogP contribution in [0, 0.1) is 5.92 Å². The van der Waals surface area contributed by atoms with Gasteiger partial charge in [-0.1, -0.05) is 0 Å². The monoisotopic (exact) mass is 213 g/mol. The van der Waals surface area contributed by atoms with Crippen molar-refractivity contribution in [2.45, 2.75) is 32.5 Å². The summed E-state index contributed by atoms with van der Waals surface area (Å²) < 4.78 is 0. The fraction of sp³-hybridized carbons (Fsp3) is 0.700. The second kappa shape index (κ2) is 3.59. The van der Waals surface area contributed by atoms with Crippen molar-refractivity contribution in [1.29, 1.82) is 0 Å². The minimum absolute atomic E-state index is 0.0480. The van der Waals surface area contributed by atoms with E-state index >= 15 is 0 Å². The van der Waals surface area contributed by atoms with Crippen LogP contribution in [-0.4, -0.2) is 33.9 Å². The van der Waals surface area contributed by atoms with Gasteiger partial charge >= 0.3 is 0 Å². The Balaban J connectivity index is 2.29. The second-order valence-corrected chi connectivity index (χ2v) is 5.21. The van der Waals surface area contributed by atoms with E-state index in [4.69, 9.17) is 0 Å². The van der Waals surface area contributed by atoms with Crippen LogP contribution in [0.4, 0.5) is 0 Å². The Morgan fingerprint density at radius 3 is 3.00 bits per heavy atom. The molecule has 2 atom stereocenters. The fourth-order valence-electron chi connectivity index (χ4n) is 2.08. The van der Waals surface area contributed by atoms with Crippen molar-refractivity contribution in [3.05, 3.63) is 11.0 Å². The van der Waals surface area contributed by atoms with E-state index in [0.717, 1.165) is 17.1 Å². The quantitative estimate of drug-likeness (QED) is 0.711. The molecule has 78 valence electrons. The third-order valence-corrected chi connectivity index (χ3v) is 3.98. The van der Waals surface area contributed by atoms with Crippen molar-refractivity contribution in [2.75, 3.05) is 5.75 Å². The van der Waals surface area contributed by atoms with Gasteiger partial charge in [-0.05, 0) is 30.9 Å². The molecule has 0 aliphatic carbocycles. The van der Waals surface area contributed by atoms with E-state index in [0.29, 0.717) is 0 Å². The van der Waals surface area contributed by atoms with E-state index in [1.807, 2.05) is 13.8 Å². The smallest absolute Gasteiger partial charge is 0.249 e. The van der Waals surface area contributed by atoms with Gasteiger partial charge in [-0.25, -0.2) is 0 Å². The minimum atomic E-state index is -0.613. The lowest BCUT2D eigenvalue weighted by molar-refractivity contribution is -0.144. The Morgan fingerprint density at radius 2 is 2.36 bits per heavy atom. The topological polar surface area (TPSA) is 40.5 Å². The third-order valence-electron chi connectivity index (χ3n) is 2.78. The van der Waals surface area contributed by atoms with Crippen LogP contribution in [0.3, 0.4) is 0 Å². The predicted octanol–water partition coefficient (Wildman–Crippen LogP) is 1.19. The number of aliphatic hydroxyl groups excluding tert-OH is 1. The standard InChI is InChI=1S/C10H15NO2S/c1-6(2)11-9(12)5-8-7(10(11)13)3-4-14-8/h5-7,10,13H,3-4H2,1-2H3. The number of nitrogens with zero attached hydrogens (tertiary/aromatic N) is 1. The van der Waals surface area contributed by atoms with Crippen LogP contribution in [0.5, 0.6) is 0 Å². The van der Waals surface area contributed by atoms with Gasteiger partial charge in [0.05, 0.1) is 0 Å². The van der Waals surface area contributed by atoms with Crippen molar-refractivity contribution in [2.24, 2.45) is 5.92 Å². The van der Waals surface area contributed by atoms with Crippen LogP contribution in [0.25, 0.3) is 0 Å². The van der Waals surface area contributed by atoms with Crippen molar-refractivity contribution < 1.29 is 9.90 Å². The molecule has 1 N–H and O–H groups in total. The van der Waals surface area contributed by atoms with Gasteiger partial charge < -0.3 is 10.0 Å². The molecular formula is C10H15NO2S. The normalized spacial score (nSPS) is 32.1. The molecule has 4 heteroatoms. The number of carbonyl (C=O) groups excluding carboxylic acids is 1. The molecule has 0 aromatic carbocycles. The average Bonchev–Trinajstić information content (AvgIpc) is 2.50. The highest BCUT2D eigenvalue weighted by atomic mass is 32.2. The molecule has 0 radical (unpaired) electrons. The highest BCUT2D eigenvalue weighted by Gasteiger charge is 2.39. The Morgan fingerprint density at radius 1 is 1.64 bits per heavy atom. The molecule has 2 rings (SSSR count). The number of fused-ring (bicyclic) bond motifs is 1. The first-order valence-corrected chi connectivity index (χ1v) is 5.94. The number of amides is 1. The summed E-state index contributed by atoms with van der Waals surface area (Å²) in [4.78, 5) is 14.3. The van der Waals surface area contributed by atoms with Gasteiger partial charge in [-0.2, -0.15) is 0 Å². The van der Waals surface area contributed by atoms with Gasteiger partial charge in [0.2, 0.25) is 5.91 Å². The summed E-state index contributed by atoms with van der Waals surface area (Å²) in [5, 5.41) is 10.0. The van der Waals surface area contributed by atoms with Crippen molar-refractivity contribution in [3.63, 3.8) is 0 Å². The summed E-state index contributed by atoms with van der Waals surface area (Å²) in [7, 11) is 0. The molecule has 0 aromatic heterocycles. The summed E-state index contributed by atoms with van der Waals surface area (Å²) in [6, 6.07) is 0.0703. The van der Waals surface area contributed by atoms with Gasteiger partial charge in [-0.15, -0.1) is 11.8 Å². The first kappa shape index (κ1) is 10.1. The van der Waals surface area contributed by atoms with Crippen LogP contribution in [0.2, 0.25) is 0 Å². The molecule has 1 fully saturated rings. The van der Waals surface area contributed by atoms with E-state index in [9.17, 15) is 9.90 Å². The van der Waals surface area contributed by atoms with Crippen LogP contribution >= 0.6 is 11.8 Å². The number of carbonyl (C=O) groups is 1. The molecule has 2 aliphatic rings. The molecule has 2 heterocycles. The molecule has 0 aromatic rings. The van der Waals surface area contributed by atoms with Crippen LogP contribution in [0.15, 0.2) is 11.0 Å². The first-order chi connectivity index (χ1) is 6.61. The fourth-order valence-corrected chi connectivity index (χ4v) is 3.32. The number of rotatable bonds is 1. The van der Waals surface area contributed by atoms with E-state index in [-0.39, 0.29) is 17.9 Å². The van der Waals surface area contributed by atoms with Crippen LogP contribution in [0.1, 0.15) is 20.3 Å². The highest BCUT2D eigenvalue weighted by molar-refractivity contribution is 8.03. The van der Waals surface area contributed by atoms with Gasteiger partial charge in [0.15, 0.2) is 0 Å². The van der Waals surface area contributed by atoms with Gasteiger partial charge in [0.25, 0.3) is 0 Å². The minimum Gasteiger partial charge on any atom is -0.373 e. The Hall–Kier alpha value is -0.480. The molecule has 0 saturated carbocycles. The summed E-state index contributed by atoms with van der Waals surface area (Å²) in [6.07, 6.45) is 2.06. The van der Waals surface area contributed by atoms with E-state index in [1.165, 1.54) is 0 Å². The van der Waals surface area contributed by atoms with Crippen LogP contribution < -0.4 is 0 Å². The molecule has 2 unspecified atom stereocenters. The van der Waals surface area contributed by atoms with Crippen molar-refractivity contribution >= 4 is 17.7 Å². The molecule has 0 bridgehead atoms. The molecule has 2 aliphatic heterocycles. The molecule has 3 nitrogen and oxygen atoms in total. The second-order valence-electron chi connectivity index (χ2n) is 4.04. The summed E-state index contributed by atoms with van der Waals surface area (Å²) in [5.41, 5.74) is 0. The predicted molar refractivity (Wildman–Crippen MR) is 56.6 cm³/mol. The SMILES string of the molecule is CC(C)N1C(=O)C=C2SCCC2C1O. The van der Waals surface area contributed by atoms with E-state index in [1.54, 1.807) is 22.7 Å². The maximum atomic E-state index is 11.7. The Kier molecular flexibility index (Phi) is 2.58. The van der Waals surface area contributed by atoms with E-state index in [2.05, 4.69) is 0 Å². The summed E-state index contributed by atoms with van der Waals surface area (Å²) in [6.45, 7) is 3.87. The molecule has 1 amide bonds. The molecular weight excluding hydrogens is 198 g/mol. The van der Waals surface area contributed by atoms with E-state index < -0.39 is 6.23 Å². The lowest BCUT2D eigenvalue weighted by Gasteiger charge is -2.37. The summed E-state index contributed by atoms with van der Waals surface area (Å²) in [5.74, 6) is 1.14. The number of hydrogen-bond donors (Lipinski definition) is 1. The zero-order valence-corrected chi connectivity index (χ0v) is 9.25. The maximum absolute atomic E-state index is 11.7. The molecule has 1 saturated heterocycles. The van der Waals surface area contributed by atoms with Gasteiger partial charge in [-0.3, -0.25) is 4.79 Å². The van der Waals surface area contributed by atoms with Crippen molar-refractivity contribution in [3.8, 4) is 0 Å². The molecule has 14 heavy (non-hydrogen) atoms. The zero-order valence-electron chi connectivity index (χ0n) is 8.43. The molecule has 0 spiro atoms.